The smallest absolute Gasteiger partial charge is 0.415 e. The lowest BCUT2D eigenvalue weighted by Crippen LogP contribution is -2.29. The van der Waals surface area contributed by atoms with E-state index < -0.39 is 18.2 Å². The molecular formula is C7H17N3O6S4. The zero-order valence-electron chi connectivity index (χ0n) is 10.1. The summed E-state index contributed by atoms with van der Waals surface area (Å²) in [6, 6.07) is -0.269. The third-order valence-corrected chi connectivity index (χ3v) is 3.01. The van der Waals surface area contributed by atoms with Crippen LogP contribution in [0.15, 0.2) is 0 Å². The van der Waals surface area contributed by atoms with Gasteiger partial charge in [-0.05, 0) is 19.4 Å². The van der Waals surface area contributed by atoms with Gasteiger partial charge in [0.25, 0.3) is 0 Å². The van der Waals surface area contributed by atoms with Crippen LogP contribution >= 0.6 is 49.0 Å². The summed E-state index contributed by atoms with van der Waals surface area (Å²) in [6.07, 6.45) is -0.652. The molecule has 120 valence electrons. The van der Waals surface area contributed by atoms with E-state index >= 15 is 0 Å². The van der Waals surface area contributed by atoms with E-state index in [1.54, 1.807) is 0 Å². The molecule has 1 fully saturated rings. The van der Waals surface area contributed by atoms with Crippen LogP contribution in [0.1, 0.15) is 12.8 Å². The van der Waals surface area contributed by atoms with Gasteiger partial charge in [-0.3, -0.25) is 14.2 Å². The molecule has 0 aliphatic carbocycles. The van der Waals surface area contributed by atoms with Crippen LogP contribution in [0.4, 0.5) is 9.59 Å². The average Bonchev–Trinajstić information content (AvgIpc) is 2.78. The van der Waals surface area contributed by atoms with Gasteiger partial charge in [0.05, 0.1) is 0 Å². The minimum absolute atomic E-state index is 0. The van der Waals surface area contributed by atoms with E-state index in [1.807, 2.05) is 9.44 Å². The highest BCUT2D eigenvalue weighted by atomic mass is 33.1. The second kappa shape index (κ2) is 14.8. The van der Waals surface area contributed by atoms with E-state index in [0.29, 0.717) is 22.0 Å². The number of hydrogen-bond donors (Lipinski definition) is 6. The van der Waals surface area contributed by atoms with Gasteiger partial charge < -0.3 is 20.6 Å². The van der Waals surface area contributed by atoms with Crippen LogP contribution in [0.25, 0.3) is 0 Å². The molecule has 1 saturated heterocycles. The standard InChI is InChI=1S/C5H9NO2.C2H4N2O4S2.2H2S/c7-5(8)4-2-1-3-6-4;5-1(6)3-9-10-4-2(7)8;;/h4,6H,1-3H2,(H,7,8);3-4H,(H,5,6)(H,7,8);2*1H2/t4-;;;/m0.../s1. The van der Waals surface area contributed by atoms with Crippen LogP contribution in [0, 0.1) is 0 Å². The summed E-state index contributed by atoms with van der Waals surface area (Å²) in [7, 11) is 1.33. The summed E-state index contributed by atoms with van der Waals surface area (Å²) >= 11 is 0. The number of amides is 2. The molecule has 1 aliphatic heterocycles. The van der Waals surface area contributed by atoms with Gasteiger partial charge in [-0.25, -0.2) is 9.59 Å². The molecule has 0 saturated carbocycles. The van der Waals surface area contributed by atoms with Crippen molar-refractivity contribution in [3.05, 3.63) is 0 Å². The molecule has 13 heteroatoms. The normalized spacial score (nSPS) is 15.5. The SMILES string of the molecule is O=C(O)NSSNC(=O)O.O=C(O)[C@@H]1CCCN1.S.S. The molecule has 0 spiro atoms. The molecule has 1 aliphatic rings. The molecule has 2 amide bonds. The quantitative estimate of drug-likeness (QED) is 0.241. The first-order valence-electron chi connectivity index (χ1n) is 4.70. The van der Waals surface area contributed by atoms with Crippen molar-refractivity contribution in [2.24, 2.45) is 0 Å². The van der Waals surface area contributed by atoms with Gasteiger partial charge in [0.1, 0.15) is 6.04 Å². The van der Waals surface area contributed by atoms with Gasteiger partial charge in [-0.2, -0.15) is 27.0 Å². The van der Waals surface area contributed by atoms with Gasteiger partial charge in [0.2, 0.25) is 0 Å². The van der Waals surface area contributed by atoms with Crippen molar-refractivity contribution in [2.45, 2.75) is 18.9 Å². The minimum atomic E-state index is -1.22. The van der Waals surface area contributed by atoms with Crippen LogP contribution in [0.5, 0.6) is 0 Å². The molecule has 0 unspecified atom stereocenters. The molecule has 1 rings (SSSR count). The van der Waals surface area contributed by atoms with E-state index in [4.69, 9.17) is 15.3 Å². The Balaban J connectivity index is -0.000000266. The number of aliphatic carboxylic acids is 1. The van der Waals surface area contributed by atoms with Gasteiger partial charge in [0.15, 0.2) is 0 Å². The van der Waals surface area contributed by atoms with Gasteiger partial charge in [-0.1, -0.05) is 0 Å². The first-order chi connectivity index (χ1) is 8.43. The molecule has 1 atom stereocenters. The Morgan fingerprint density at radius 3 is 1.65 bits per heavy atom. The summed E-state index contributed by atoms with van der Waals surface area (Å²) in [4.78, 5) is 29.6. The Morgan fingerprint density at radius 2 is 1.45 bits per heavy atom. The fourth-order valence-corrected chi connectivity index (χ4v) is 1.91. The predicted molar refractivity (Wildman–Crippen MR) is 86.9 cm³/mol. The van der Waals surface area contributed by atoms with E-state index in [-0.39, 0.29) is 33.0 Å². The lowest BCUT2D eigenvalue weighted by atomic mass is 10.2. The number of carboxylic acids is 1. The maximum Gasteiger partial charge on any atom is 0.415 e. The van der Waals surface area contributed by atoms with Crippen molar-refractivity contribution in [1.29, 1.82) is 0 Å². The van der Waals surface area contributed by atoms with E-state index in [2.05, 4.69) is 5.32 Å². The second-order valence-corrected chi connectivity index (χ2v) is 4.71. The molecule has 0 radical (unpaired) electrons. The summed E-state index contributed by atoms with van der Waals surface area (Å²) in [5.74, 6) is -0.720. The fourth-order valence-electron chi connectivity index (χ4n) is 1.01. The largest absolute Gasteiger partial charge is 0.480 e. The van der Waals surface area contributed by atoms with Crippen LogP contribution in [-0.4, -0.2) is 46.1 Å². The van der Waals surface area contributed by atoms with E-state index in [0.717, 1.165) is 19.4 Å². The fraction of sp³-hybridized carbons (Fsp3) is 0.571. The number of nitrogens with one attached hydrogen (secondary N) is 3. The molecule has 0 bridgehead atoms. The first kappa shape index (κ1) is 24.4. The predicted octanol–water partition coefficient (Wildman–Crippen LogP) is 0.782. The monoisotopic (exact) mass is 367 g/mol. The summed E-state index contributed by atoms with van der Waals surface area (Å²) in [6.45, 7) is 0.858. The third-order valence-electron chi connectivity index (χ3n) is 1.66. The maximum atomic E-state index is 10.1. The Kier molecular flexibility index (Phi) is 18.0. The number of carboxylic acid groups (broad SMARTS) is 3. The highest BCUT2D eigenvalue weighted by Gasteiger charge is 2.20. The summed E-state index contributed by atoms with van der Waals surface area (Å²) in [5.41, 5.74) is 0. The van der Waals surface area contributed by atoms with Crippen LogP contribution < -0.4 is 14.8 Å². The molecule has 9 nitrogen and oxygen atoms in total. The third kappa shape index (κ3) is 15.4. The Hall–Kier alpha value is -0.630. The van der Waals surface area contributed by atoms with Crippen molar-refractivity contribution in [1.82, 2.24) is 14.8 Å². The Morgan fingerprint density at radius 1 is 1.00 bits per heavy atom. The Labute approximate surface area is 137 Å². The van der Waals surface area contributed by atoms with Crippen molar-refractivity contribution in [3.8, 4) is 0 Å². The van der Waals surface area contributed by atoms with Crippen molar-refractivity contribution in [3.63, 3.8) is 0 Å². The highest BCUT2D eigenvalue weighted by molar-refractivity contribution is 8.75. The number of carbonyl (C=O) groups is 3. The van der Waals surface area contributed by atoms with Gasteiger partial charge >= 0.3 is 18.2 Å². The number of rotatable bonds is 4. The maximum absolute atomic E-state index is 10.1. The second-order valence-electron chi connectivity index (χ2n) is 2.97. The lowest BCUT2D eigenvalue weighted by Gasteiger charge is -1.99. The van der Waals surface area contributed by atoms with Crippen molar-refractivity contribution < 1.29 is 29.7 Å². The molecule has 0 aromatic carbocycles. The zero-order chi connectivity index (χ0) is 14.0. The van der Waals surface area contributed by atoms with Crippen LogP contribution in [0.3, 0.4) is 0 Å². The van der Waals surface area contributed by atoms with Crippen LogP contribution in [0.2, 0.25) is 0 Å². The topological polar surface area (TPSA) is 148 Å². The molecular weight excluding hydrogens is 350 g/mol. The van der Waals surface area contributed by atoms with Crippen molar-refractivity contribution in [2.75, 3.05) is 6.54 Å². The van der Waals surface area contributed by atoms with E-state index in [1.165, 1.54) is 0 Å². The van der Waals surface area contributed by atoms with E-state index in [9.17, 15) is 14.4 Å². The summed E-state index contributed by atoms with van der Waals surface area (Å²) in [5, 5.41) is 27.1. The lowest BCUT2D eigenvalue weighted by molar-refractivity contribution is -0.139. The van der Waals surface area contributed by atoms with Crippen molar-refractivity contribution >= 4 is 67.1 Å². The molecule has 1 heterocycles. The number of hydrogen-bond acceptors (Lipinski definition) is 6. The average molecular weight is 367 g/mol. The molecule has 6 N–H and O–H groups in total. The first-order valence-corrected chi connectivity index (χ1v) is 6.85. The summed E-state index contributed by atoms with van der Waals surface area (Å²) < 4.78 is 3.74. The highest BCUT2D eigenvalue weighted by Crippen LogP contribution is 2.11. The molecule has 0 aromatic rings. The molecule has 20 heavy (non-hydrogen) atoms. The van der Waals surface area contributed by atoms with Crippen LogP contribution in [-0.2, 0) is 4.79 Å². The van der Waals surface area contributed by atoms with Gasteiger partial charge in [0, 0.05) is 22.0 Å². The molecule has 0 aromatic heterocycles. The zero-order valence-corrected chi connectivity index (χ0v) is 13.7. The van der Waals surface area contributed by atoms with Gasteiger partial charge in [-0.15, -0.1) is 0 Å². The minimum Gasteiger partial charge on any atom is -0.480 e. The Bertz CT molecular complexity index is 286.